The van der Waals surface area contributed by atoms with Crippen LogP contribution >= 0.6 is 11.6 Å². The van der Waals surface area contributed by atoms with Gasteiger partial charge in [-0.3, -0.25) is 4.79 Å². The van der Waals surface area contributed by atoms with E-state index in [4.69, 9.17) is 25.5 Å². The van der Waals surface area contributed by atoms with Gasteiger partial charge in [0.05, 0.1) is 5.02 Å². The summed E-state index contributed by atoms with van der Waals surface area (Å²) in [6, 6.07) is 12.0. The molecule has 2 heterocycles. The molecular weight excluding hydrogens is 425 g/mol. The Hall–Kier alpha value is -3.13. The molecule has 4 rings (SSSR count). The van der Waals surface area contributed by atoms with Crippen LogP contribution in [0.1, 0.15) is 25.7 Å². The molecule has 3 aromatic rings. The Bertz CT molecular complexity index is 1050. The Morgan fingerprint density at radius 2 is 1.94 bits per heavy atom. The first-order valence-electron chi connectivity index (χ1n) is 9.91. The fraction of sp³-hybridized carbons (Fsp3) is 0.318. The van der Waals surface area contributed by atoms with Gasteiger partial charge in [0.25, 0.3) is 5.89 Å². The number of halogens is 2. The van der Waals surface area contributed by atoms with E-state index >= 15 is 0 Å². The highest BCUT2D eigenvalue weighted by molar-refractivity contribution is 6.32. The zero-order valence-electron chi connectivity index (χ0n) is 16.9. The molecule has 1 saturated heterocycles. The first kappa shape index (κ1) is 21.1. The molecule has 9 heteroatoms. The zero-order chi connectivity index (χ0) is 21.8. The van der Waals surface area contributed by atoms with Crippen molar-refractivity contribution in [3.63, 3.8) is 0 Å². The SMILES string of the molecule is CC(=O)OCc1nnc(-c2ccc(N3CCC(Oc4cc(F)ccc4Cl)CC3)cc2)o1. The van der Waals surface area contributed by atoms with Gasteiger partial charge in [0.2, 0.25) is 5.89 Å². The molecule has 1 aliphatic heterocycles. The average molecular weight is 446 g/mol. The standard InChI is InChI=1S/C22H21ClFN3O4/c1-14(28)29-13-21-25-26-22(31-21)15-2-5-17(6-3-15)27-10-8-18(9-11-27)30-20-12-16(24)4-7-19(20)23/h2-7,12,18H,8-11,13H2,1H3. The van der Waals surface area contributed by atoms with Gasteiger partial charge in [-0.1, -0.05) is 11.6 Å². The van der Waals surface area contributed by atoms with Crippen molar-refractivity contribution < 1.29 is 23.1 Å². The second-order valence-corrected chi connectivity index (χ2v) is 7.61. The van der Waals surface area contributed by atoms with Crippen LogP contribution < -0.4 is 9.64 Å². The van der Waals surface area contributed by atoms with E-state index in [2.05, 4.69) is 15.1 Å². The summed E-state index contributed by atoms with van der Waals surface area (Å²) in [5.41, 5.74) is 1.86. The summed E-state index contributed by atoms with van der Waals surface area (Å²) in [7, 11) is 0. The van der Waals surface area contributed by atoms with E-state index in [9.17, 15) is 9.18 Å². The molecule has 31 heavy (non-hydrogen) atoms. The Morgan fingerprint density at radius 1 is 1.19 bits per heavy atom. The van der Waals surface area contributed by atoms with E-state index in [1.54, 1.807) is 0 Å². The maximum absolute atomic E-state index is 13.4. The van der Waals surface area contributed by atoms with Gasteiger partial charge in [-0.2, -0.15) is 0 Å². The lowest BCUT2D eigenvalue weighted by Gasteiger charge is -2.34. The van der Waals surface area contributed by atoms with Crippen LogP contribution in [0.4, 0.5) is 10.1 Å². The third kappa shape index (κ3) is 5.32. The number of nitrogens with zero attached hydrogens (tertiary/aromatic N) is 3. The molecule has 0 bridgehead atoms. The van der Waals surface area contributed by atoms with Gasteiger partial charge >= 0.3 is 5.97 Å². The highest BCUT2D eigenvalue weighted by Crippen LogP contribution is 2.30. The van der Waals surface area contributed by atoms with Crippen molar-refractivity contribution in [1.82, 2.24) is 10.2 Å². The predicted molar refractivity (Wildman–Crippen MR) is 112 cm³/mol. The smallest absolute Gasteiger partial charge is 0.303 e. The number of ether oxygens (including phenoxy) is 2. The minimum atomic E-state index is -0.405. The molecule has 0 saturated carbocycles. The summed E-state index contributed by atoms with van der Waals surface area (Å²) in [6.45, 7) is 2.90. The lowest BCUT2D eigenvalue weighted by atomic mass is 10.1. The van der Waals surface area contributed by atoms with E-state index in [1.807, 2.05) is 24.3 Å². The van der Waals surface area contributed by atoms with Gasteiger partial charge < -0.3 is 18.8 Å². The van der Waals surface area contributed by atoms with Crippen molar-refractivity contribution >= 4 is 23.3 Å². The quantitative estimate of drug-likeness (QED) is 0.511. The van der Waals surface area contributed by atoms with Crippen LogP contribution in [0.3, 0.4) is 0 Å². The highest BCUT2D eigenvalue weighted by atomic mass is 35.5. The second-order valence-electron chi connectivity index (χ2n) is 7.21. The molecule has 0 aliphatic carbocycles. The number of piperidine rings is 1. The second kappa shape index (κ2) is 9.34. The fourth-order valence-corrected chi connectivity index (χ4v) is 3.55. The van der Waals surface area contributed by atoms with Gasteiger partial charge in [-0.05, 0) is 36.4 Å². The number of hydrogen-bond acceptors (Lipinski definition) is 7. The van der Waals surface area contributed by atoms with E-state index in [0.717, 1.165) is 37.2 Å². The Kier molecular flexibility index (Phi) is 6.36. The normalized spacial score (nSPS) is 14.5. The molecule has 0 N–H and O–H groups in total. The first-order valence-corrected chi connectivity index (χ1v) is 10.3. The maximum Gasteiger partial charge on any atom is 0.303 e. The zero-order valence-corrected chi connectivity index (χ0v) is 17.6. The maximum atomic E-state index is 13.4. The number of aromatic nitrogens is 2. The molecule has 0 radical (unpaired) electrons. The highest BCUT2D eigenvalue weighted by Gasteiger charge is 2.22. The molecule has 0 spiro atoms. The first-order chi connectivity index (χ1) is 15.0. The summed E-state index contributed by atoms with van der Waals surface area (Å²) in [5.74, 6) is 0.230. The molecule has 7 nitrogen and oxygen atoms in total. The summed E-state index contributed by atoms with van der Waals surface area (Å²) in [4.78, 5) is 13.1. The molecule has 1 fully saturated rings. The third-order valence-corrected chi connectivity index (χ3v) is 5.29. The van der Waals surface area contributed by atoms with Gasteiger partial charge in [0, 0.05) is 50.2 Å². The number of carbonyl (C=O) groups excluding carboxylic acids is 1. The minimum absolute atomic E-state index is 0.0103. The number of hydrogen-bond donors (Lipinski definition) is 0. The van der Waals surface area contributed by atoms with Crippen LogP contribution in [0.15, 0.2) is 46.9 Å². The van der Waals surface area contributed by atoms with E-state index in [0.29, 0.717) is 16.7 Å². The molecular formula is C22H21ClFN3O4. The molecule has 2 aromatic carbocycles. The van der Waals surface area contributed by atoms with Crippen LogP contribution in [-0.2, 0) is 16.1 Å². The number of benzene rings is 2. The van der Waals surface area contributed by atoms with Crippen LogP contribution in [0.25, 0.3) is 11.5 Å². The fourth-order valence-electron chi connectivity index (χ4n) is 3.39. The number of carbonyl (C=O) groups is 1. The van der Waals surface area contributed by atoms with Crippen molar-refractivity contribution in [2.24, 2.45) is 0 Å². The Balaban J connectivity index is 1.33. The minimum Gasteiger partial charge on any atom is -0.489 e. The lowest BCUT2D eigenvalue weighted by molar-refractivity contribution is -0.142. The van der Waals surface area contributed by atoms with Gasteiger partial charge in [-0.25, -0.2) is 4.39 Å². The van der Waals surface area contributed by atoms with Crippen molar-refractivity contribution in [3.05, 3.63) is 59.2 Å². The monoisotopic (exact) mass is 445 g/mol. The van der Waals surface area contributed by atoms with Gasteiger partial charge in [0.15, 0.2) is 6.61 Å². The number of rotatable bonds is 6. The van der Waals surface area contributed by atoms with E-state index in [1.165, 1.54) is 25.1 Å². The van der Waals surface area contributed by atoms with Crippen LogP contribution in [0.2, 0.25) is 5.02 Å². The van der Waals surface area contributed by atoms with Crippen molar-refractivity contribution in [2.75, 3.05) is 18.0 Å². The van der Waals surface area contributed by atoms with Crippen molar-refractivity contribution in [1.29, 1.82) is 0 Å². The van der Waals surface area contributed by atoms with Gasteiger partial charge in [0.1, 0.15) is 17.7 Å². The van der Waals surface area contributed by atoms with Crippen LogP contribution in [-0.4, -0.2) is 35.4 Å². The summed E-state index contributed by atoms with van der Waals surface area (Å²) in [5, 5.41) is 8.29. The Labute approximate surface area is 183 Å². The lowest BCUT2D eigenvalue weighted by Crippen LogP contribution is -2.38. The average Bonchev–Trinajstić information content (AvgIpc) is 3.25. The summed E-state index contributed by atoms with van der Waals surface area (Å²) < 4.78 is 29.7. The van der Waals surface area contributed by atoms with Crippen molar-refractivity contribution in [2.45, 2.75) is 32.5 Å². The number of anilines is 1. The predicted octanol–water partition coefficient (Wildman–Crippen LogP) is 4.64. The van der Waals surface area contributed by atoms with Crippen molar-refractivity contribution in [3.8, 4) is 17.2 Å². The third-order valence-electron chi connectivity index (χ3n) is 4.97. The molecule has 1 aromatic heterocycles. The number of esters is 1. The molecule has 0 atom stereocenters. The molecule has 162 valence electrons. The van der Waals surface area contributed by atoms with E-state index in [-0.39, 0.29) is 24.4 Å². The van der Waals surface area contributed by atoms with Crippen LogP contribution in [0.5, 0.6) is 5.75 Å². The summed E-state index contributed by atoms with van der Waals surface area (Å²) in [6.07, 6.45) is 1.60. The topological polar surface area (TPSA) is 77.7 Å². The molecule has 0 unspecified atom stereocenters. The summed E-state index contributed by atoms with van der Waals surface area (Å²) >= 11 is 6.10. The molecule has 0 amide bonds. The van der Waals surface area contributed by atoms with Crippen LogP contribution in [0, 0.1) is 5.82 Å². The van der Waals surface area contributed by atoms with E-state index < -0.39 is 5.97 Å². The Morgan fingerprint density at radius 3 is 2.65 bits per heavy atom. The molecule has 1 aliphatic rings. The largest absolute Gasteiger partial charge is 0.489 e. The van der Waals surface area contributed by atoms with Gasteiger partial charge in [-0.15, -0.1) is 10.2 Å².